The van der Waals surface area contributed by atoms with Gasteiger partial charge in [-0.25, -0.2) is 4.57 Å². The molecule has 0 aromatic carbocycles. The molecule has 0 saturated heterocycles. The predicted molar refractivity (Wildman–Crippen MR) is 258 cm³/mol. The van der Waals surface area contributed by atoms with E-state index in [1.807, 2.05) is 21.1 Å². The molecule has 1 amide bonds. The Labute approximate surface area is 372 Å². The van der Waals surface area contributed by atoms with E-state index in [4.69, 9.17) is 9.05 Å². The summed E-state index contributed by atoms with van der Waals surface area (Å²) in [7, 11) is 1.62. The number of phosphoric acid groups is 1. The van der Waals surface area contributed by atoms with Crippen LogP contribution < -0.4 is 5.32 Å². The van der Waals surface area contributed by atoms with Gasteiger partial charge >= 0.3 is 7.82 Å². The van der Waals surface area contributed by atoms with Crippen molar-refractivity contribution in [1.29, 1.82) is 0 Å². The first-order valence-electron chi connectivity index (χ1n) is 25.4. The minimum absolute atomic E-state index is 0.0746. The third kappa shape index (κ3) is 44.8. The highest BCUT2D eigenvalue weighted by Crippen LogP contribution is 2.43. The minimum Gasteiger partial charge on any atom is -0.391 e. The van der Waals surface area contributed by atoms with Crippen LogP contribution in [0, 0.1) is 0 Å². The van der Waals surface area contributed by atoms with E-state index in [-0.39, 0.29) is 19.1 Å². The normalized spacial score (nSPS) is 14.4. The van der Waals surface area contributed by atoms with Gasteiger partial charge in [-0.1, -0.05) is 211 Å². The molecule has 3 atom stereocenters. The molecule has 0 radical (unpaired) electrons. The molecule has 0 aliphatic rings. The minimum atomic E-state index is -4.31. The molecule has 0 bridgehead atoms. The fraction of sp³-hybridized carbons (Fsp3) is 0.863. The lowest BCUT2D eigenvalue weighted by Crippen LogP contribution is -2.46. The molecule has 0 heterocycles. The molecule has 0 spiro atoms. The number of phosphoric ester groups is 1. The Morgan fingerprint density at radius 3 is 1.38 bits per heavy atom. The van der Waals surface area contributed by atoms with Gasteiger partial charge < -0.3 is 19.8 Å². The summed E-state index contributed by atoms with van der Waals surface area (Å²) in [6.07, 6.45) is 53.4. The first kappa shape index (κ1) is 58.7. The number of hydrogen-bond donors (Lipinski definition) is 3. The predicted octanol–water partition coefficient (Wildman–Crippen LogP) is 14.6. The second-order valence-corrected chi connectivity index (χ2v) is 20.0. The van der Waals surface area contributed by atoms with Crippen molar-refractivity contribution in [3.63, 3.8) is 0 Å². The number of aliphatic hydroxyl groups is 1. The summed E-state index contributed by atoms with van der Waals surface area (Å²) in [5.41, 5.74) is 0. The average molecular weight is 868 g/mol. The highest BCUT2D eigenvalue weighted by atomic mass is 31.2. The summed E-state index contributed by atoms with van der Waals surface area (Å²) >= 11 is 0. The van der Waals surface area contributed by atoms with E-state index in [0.29, 0.717) is 23.9 Å². The van der Waals surface area contributed by atoms with Crippen LogP contribution in [0.4, 0.5) is 0 Å². The number of aliphatic hydroxyl groups excluding tert-OH is 1. The Balaban J connectivity index is 4.03. The molecular formula is C51H100N2O6P+. The van der Waals surface area contributed by atoms with Gasteiger partial charge in [0, 0.05) is 6.42 Å². The van der Waals surface area contributed by atoms with E-state index in [0.717, 1.165) is 51.4 Å². The van der Waals surface area contributed by atoms with Crippen molar-refractivity contribution in [2.45, 2.75) is 244 Å². The maximum absolute atomic E-state index is 12.9. The average Bonchev–Trinajstić information content (AvgIpc) is 3.20. The third-order valence-electron chi connectivity index (χ3n) is 11.4. The lowest BCUT2D eigenvalue weighted by atomic mass is 10.0. The highest BCUT2D eigenvalue weighted by Gasteiger charge is 2.28. The van der Waals surface area contributed by atoms with Crippen molar-refractivity contribution in [1.82, 2.24) is 5.32 Å². The second kappa shape index (κ2) is 43.0. The van der Waals surface area contributed by atoms with Crippen molar-refractivity contribution >= 4 is 13.7 Å². The zero-order chi connectivity index (χ0) is 44.3. The van der Waals surface area contributed by atoms with E-state index in [1.165, 1.54) is 154 Å². The molecule has 8 nitrogen and oxygen atoms in total. The van der Waals surface area contributed by atoms with Crippen molar-refractivity contribution < 1.29 is 32.9 Å². The Morgan fingerprint density at radius 1 is 0.567 bits per heavy atom. The molecule has 0 aromatic heterocycles. The zero-order valence-corrected chi connectivity index (χ0v) is 41.1. The van der Waals surface area contributed by atoms with E-state index < -0.39 is 20.0 Å². The molecule has 0 saturated carbocycles. The number of hydrogen-bond acceptors (Lipinski definition) is 5. The van der Waals surface area contributed by atoms with Gasteiger partial charge in [-0.2, -0.15) is 0 Å². The summed E-state index contributed by atoms with van der Waals surface area (Å²) in [6.45, 7) is 4.86. The molecule has 3 N–H and O–H groups in total. The maximum Gasteiger partial charge on any atom is 0.472 e. The monoisotopic (exact) mass is 868 g/mol. The van der Waals surface area contributed by atoms with E-state index in [1.54, 1.807) is 0 Å². The van der Waals surface area contributed by atoms with Crippen LogP contribution in [0.1, 0.15) is 232 Å². The van der Waals surface area contributed by atoms with Gasteiger partial charge in [0.25, 0.3) is 0 Å². The molecule has 3 unspecified atom stereocenters. The van der Waals surface area contributed by atoms with Gasteiger partial charge in [0.05, 0.1) is 39.9 Å². The molecule has 0 aromatic rings. The number of nitrogens with one attached hydrogen (secondary N) is 1. The number of carbonyl (C=O) groups excluding carboxylic acids is 1. The molecule has 354 valence electrons. The number of amides is 1. The number of likely N-dealkylation sites (N-methyl/N-ethyl adjacent to an activating group) is 1. The van der Waals surface area contributed by atoms with Gasteiger partial charge in [0.1, 0.15) is 13.2 Å². The molecule has 0 rings (SSSR count). The first-order chi connectivity index (χ1) is 29.0. The summed E-state index contributed by atoms with van der Waals surface area (Å²) in [6, 6.07) is -0.758. The Hall–Kier alpha value is -1.28. The number of nitrogens with zero attached hydrogens (tertiary/aromatic N) is 1. The molecule has 0 aliphatic heterocycles. The van der Waals surface area contributed by atoms with Crippen LogP contribution in [0.25, 0.3) is 0 Å². The number of rotatable bonds is 46. The van der Waals surface area contributed by atoms with Gasteiger partial charge in [-0.3, -0.25) is 13.8 Å². The fourth-order valence-electron chi connectivity index (χ4n) is 7.35. The van der Waals surface area contributed by atoms with Crippen molar-refractivity contribution in [2.24, 2.45) is 0 Å². The van der Waals surface area contributed by atoms with Crippen LogP contribution in [-0.2, 0) is 18.4 Å². The van der Waals surface area contributed by atoms with E-state index in [9.17, 15) is 19.4 Å². The van der Waals surface area contributed by atoms with Crippen LogP contribution >= 0.6 is 7.82 Å². The summed E-state index contributed by atoms with van der Waals surface area (Å²) < 4.78 is 23.6. The van der Waals surface area contributed by atoms with Gasteiger partial charge in [0.2, 0.25) is 5.91 Å². The largest absolute Gasteiger partial charge is 0.472 e. The molecule has 0 fully saturated rings. The molecule has 60 heavy (non-hydrogen) atoms. The first-order valence-corrected chi connectivity index (χ1v) is 26.8. The topological polar surface area (TPSA) is 105 Å². The number of carbonyl (C=O) groups is 1. The Bertz CT molecular complexity index is 1070. The highest BCUT2D eigenvalue weighted by molar-refractivity contribution is 7.47. The van der Waals surface area contributed by atoms with Crippen LogP contribution in [0.3, 0.4) is 0 Å². The third-order valence-corrected chi connectivity index (χ3v) is 12.4. The van der Waals surface area contributed by atoms with E-state index >= 15 is 0 Å². The standard InChI is InChI=1S/C51H99N2O6P/c1-6-8-10-12-14-16-17-18-19-20-21-22-23-24-25-26-27-28-29-30-31-32-33-34-35-37-39-41-43-45-51(55)52-49(48-59-60(56,57)58-47-46-53(3,4)5)50(54)44-42-40-38-36-15-13-11-9-7-2/h17-18,20-21,23-24,49-50,54H,6-16,19,22,25-48H2,1-5H3,(H-,52,55,56,57)/p+1/b18-17-,21-20-,24-23-. The number of allylic oxidation sites excluding steroid dienone is 6. The molecule has 0 aliphatic carbocycles. The Kier molecular flexibility index (Phi) is 42.1. The van der Waals surface area contributed by atoms with Crippen LogP contribution in [0.2, 0.25) is 0 Å². The molecule has 9 heteroatoms. The zero-order valence-electron chi connectivity index (χ0n) is 40.2. The number of quaternary nitrogens is 1. The van der Waals surface area contributed by atoms with Crippen molar-refractivity contribution in [3.8, 4) is 0 Å². The SMILES string of the molecule is CCCCCCC/C=C\C/C=C\C/C=C\CCCCCCCCCCCCCCCCC(=O)NC(COP(=O)(O)OCC[N+](C)(C)C)C(O)CCCCCCCCCCC. The summed E-state index contributed by atoms with van der Waals surface area (Å²) in [5, 5.41) is 13.9. The van der Waals surface area contributed by atoms with Crippen molar-refractivity contribution in [2.75, 3.05) is 40.9 Å². The van der Waals surface area contributed by atoms with Crippen LogP contribution in [-0.4, -0.2) is 73.4 Å². The van der Waals surface area contributed by atoms with E-state index in [2.05, 4.69) is 55.6 Å². The maximum atomic E-state index is 12.9. The van der Waals surface area contributed by atoms with Gasteiger partial charge in [0.15, 0.2) is 0 Å². The fourth-order valence-corrected chi connectivity index (χ4v) is 8.08. The number of unbranched alkanes of at least 4 members (excludes halogenated alkanes) is 27. The van der Waals surface area contributed by atoms with Crippen LogP contribution in [0.5, 0.6) is 0 Å². The Morgan fingerprint density at radius 2 is 0.950 bits per heavy atom. The second-order valence-electron chi connectivity index (χ2n) is 18.5. The summed E-state index contributed by atoms with van der Waals surface area (Å²) in [4.78, 5) is 23.1. The van der Waals surface area contributed by atoms with Crippen molar-refractivity contribution in [3.05, 3.63) is 36.5 Å². The van der Waals surface area contributed by atoms with Crippen LogP contribution in [0.15, 0.2) is 36.5 Å². The van der Waals surface area contributed by atoms with Gasteiger partial charge in [-0.05, 0) is 51.4 Å². The quantitative estimate of drug-likeness (QED) is 0.0244. The lowest BCUT2D eigenvalue weighted by Gasteiger charge is -2.26. The summed E-state index contributed by atoms with van der Waals surface area (Å²) in [5.74, 6) is -0.147. The molecular weight excluding hydrogens is 768 g/mol. The van der Waals surface area contributed by atoms with Gasteiger partial charge in [-0.15, -0.1) is 0 Å². The lowest BCUT2D eigenvalue weighted by molar-refractivity contribution is -0.870. The smallest absolute Gasteiger partial charge is 0.391 e.